The Morgan fingerprint density at radius 2 is 1.54 bits per heavy atom. The molecule has 1 aliphatic carbocycles. The second kappa shape index (κ2) is 11.5. The summed E-state index contributed by atoms with van der Waals surface area (Å²) in [5.74, 6) is 0.591. The van der Waals surface area contributed by atoms with Gasteiger partial charge in [0.25, 0.3) is 0 Å². The minimum atomic E-state index is 0.591. The van der Waals surface area contributed by atoms with E-state index in [2.05, 4.69) is 98.3 Å². The van der Waals surface area contributed by atoms with Crippen LogP contribution in [0.1, 0.15) is 61.6 Å². The maximum absolute atomic E-state index is 3.91. The van der Waals surface area contributed by atoms with Crippen molar-refractivity contribution in [3.63, 3.8) is 0 Å². The quantitative estimate of drug-likeness (QED) is 0.322. The Bertz CT molecular complexity index is 675. The van der Waals surface area contributed by atoms with E-state index in [0.717, 1.165) is 13.0 Å². The van der Waals surface area contributed by atoms with Crippen LogP contribution in [0.2, 0.25) is 0 Å². The third-order valence-electron chi connectivity index (χ3n) is 5.83. The molecule has 2 aromatic carbocycles. The Morgan fingerprint density at radius 3 is 2.18 bits per heavy atom. The lowest BCUT2D eigenvalue weighted by Crippen LogP contribution is -2.26. The molecule has 28 heavy (non-hydrogen) atoms. The lowest BCUT2D eigenvalue weighted by Gasteiger charge is -2.32. The molecule has 2 unspecified atom stereocenters. The summed E-state index contributed by atoms with van der Waals surface area (Å²) in [6.45, 7) is 5.68. The molecule has 0 spiro atoms. The first kappa shape index (κ1) is 22.1. The average Bonchev–Trinajstić information content (AvgIpc) is 2.70. The van der Waals surface area contributed by atoms with E-state index >= 15 is 0 Å². The number of rotatable bonds is 9. The van der Waals surface area contributed by atoms with Gasteiger partial charge in [-0.1, -0.05) is 99.8 Å². The van der Waals surface area contributed by atoms with Gasteiger partial charge in [-0.15, -0.1) is 0 Å². The SMILES string of the molecule is CCCN(CCCc1ccc(C2C(Br)CCCC2Br)cc1)Cc1ccccc1. The molecule has 1 nitrogen and oxygen atoms in total. The van der Waals surface area contributed by atoms with Crippen LogP contribution >= 0.6 is 31.9 Å². The average molecular weight is 507 g/mol. The van der Waals surface area contributed by atoms with Gasteiger partial charge in [0.2, 0.25) is 0 Å². The third-order valence-corrected chi connectivity index (χ3v) is 7.89. The molecule has 3 rings (SSSR count). The van der Waals surface area contributed by atoms with Gasteiger partial charge in [-0.05, 0) is 61.9 Å². The number of halogens is 2. The summed E-state index contributed by atoms with van der Waals surface area (Å²) in [7, 11) is 0. The van der Waals surface area contributed by atoms with Gasteiger partial charge in [-0.2, -0.15) is 0 Å². The summed E-state index contributed by atoms with van der Waals surface area (Å²) in [4.78, 5) is 3.78. The normalized spacial score (nSPS) is 22.5. The molecule has 0 amide bonds. The summed E-state index contributed by atoms with van der Waals surface area (Å²) in [5, 5.41) is 0. The zero-order chi connectivity index (χ0) is 19.8. The largest absolute Gasteiger partial charge is 0.299 e. The molecule has 0 bridgehead atoms. The van der Waals surface area contributed by atoms with E-state index in [9.17, 15) is 0 Å². The Hall–Kier alpha value is -0.640. The molecule has 152 valence electrons. The fraction of sp³-hybridized carbons (Fsp3) is 0.520. The van der Waals surface area contributed by atoms with E-state index in [1.165, 1.54) is 61.9 Å². The maximum atomic E-state index is 3.91. The van der Waals surface area contributed by atoms with Gasteiger partial charge in [0.05, 0.1) is 0 Å². The second-order valence-corrected chi connectivity index (χ2v) is 10.4. The van der Waals surface area contributed by atoms with Crippen molar-refractivity contribution < 1.29 is 0 Å². The molecule has 0 saturated heterocycles. The fourth-order valence-corrected chi connectivity index (χ4v) is 6.76. The fourth-order valence-electron chi connectivity index (χ4n) is 4.35. The molecule has 0 aliphatic heterocycles. The number of benzene rings is 2. The third kappa shape index (κ3) is 6.43. The van der Waals surface area contributed by atoms with Crippen LogP contribution in [0.4, 0.5) is 0 Å². The van der Waals surface area contributed by atoms with Crippen LogP contribution in [0.3, 0.4) is 0 Å². The maximum Gasteiger partial charge on any atom is 0.0233 e. The molecule has 1 aliphatic rings. The first-order valence-electron chi connectivity index (χ1n) is 10.8. The summed E-state index contributed by atoms with van der Waals surface area (Å²) in [5.41, 5.74) is 4.36. The number of alkyl halides is 2. The van der Waals surface area contributed by atoms with Gasteiger partial charge in [0.15, 0.2) is 0 Å². The minimum Gasteiger partial charge on any atom is -0.299 e. The zero-order valence-corrected chi connectivity index (χ0v) is 20.2. The van der Waals surface area contributed by atoms with Crippen molar-refractivity contribution in [3.8, 4) is 0 Å². The Morgan fingerprint density at radius 1 is 0.857 bits per heavy atom. The summed E-state index contributed by atoms with van der Waals surface area (Å²) >= 11 is 7.83. The Kier molecular flexibility index (Phi) is 9.07. The zero-order valence-electron chi connectivity index (χ0n) is 17.0. The van der Waals surface area contributed by atoms with Crippen LogP contribution in [0.25, 0.3) is 0 Å². The summed E-state index contributed by atoms with van der Waals surface area (Å²) < 4.78 is 0. The molecule has 0 aromatic heterocycles. The number of hydrogen-bond acceptors (Lipinski definition) is 1. The van der Waals surface area contributed by atoms with Crippen LogP contribution in [0.5, 0.6) is 0 Å². The highest BCUT2D eigenvalue weighted by Gasteiger charge is 2.31. The van der Waals surface area contributed by atoms with Crippen molar-refractivity contribution in [2.24, 2.45) is 0 Å². The van der Waals surface area contributed by atoms with Crippen LogP contribution < -0.4 is 0 Å². The highest BCUT2D eigenvalue weighted by Crippen LogP contribution is 2.41. The number of hydrogen-bond donors (Lipinski definition) is 0. The molecule has 1 saturated carbocycles. The molecule has 3 heteroatoms. The first-order chi connectivity index (χ1) is 13.7. The molecule has 0 heterocycles. The Labute approximate surface area is 188 Å². The molecule has 0 N–H and O–H groups in total. The predicted octanol–water partition coefficient (Wildman–Crippen LogP) is 7.33. The summed E-state index contributed by atoms with van der Waals surface area (Å²) in [6, 6.07) is 20.3. The van der Waals surface area contributed by atoms with Crippen LogP contribution in [-0.2, 0) is 13.0 Å². The van der Waals surface area contributed by atoms with E-state index in [4.69, 9.17) is 0 Å². The van der Waals surface area contributed by atoms with Crippen LogP contribution in [0, 0.1) is 0 Å². The standard InChI is InChI=1S/C25H33Br2N/c1-2-17-28(19-21-8-4-3-5-9-21)18-7-10-20-13-15-22(16-14-20)25-23(26)11-6-12-24(25)27/h3-5,8-9,13-16,23-25H,2,6-7,10-12,17-19H2,1H3. The second-order valence-electron chi connectivity index (χ2n) is 8.10. The lowest BCUT2D eigenvalue weighted by atomic mass is 9.83. The monoisotopic (exact) mass is 505 g/mol. The summed E-state index contributed by atoms with van der Waals surface area (Å²) in [6.07, 6.45) is 7.47. The van der Waals surface area contributed by atoms with E-state index in [1.54, 1.807) is 0 Å². The van der Waals surface area contributed by atoms with E-state index in [1.807, 2.05) is 0 Å². The topological polar surface area (TPSA) is 3.24 Å². The minimum absolute atomic E-state index is 0.591. The van der Waals surface area contributed by atoms with Crippen molar-refractivity contribution in [2.75, 3.05) is 13.1 Å². The molecule has 2 aromatic rings. The molecule has 0 radical (unpaired) electrons. The van der Waals surface area contributed by atoms with E-state index in [0.29, 0.717) is 15.6 Å². The van der Waals surface area contributed by atoms with E-state index < -0.39 is 0 Å². The van der Waals surface area contributed by atoms with Crippen molar-refractivity contribution in [1.82, 2.24) is 4.90 Å². The van der Waals surface area contributed by atoms with Gasteiger partial charge in [0, 0.05) is 22.1 Å². The molecule has 2 atom stereocenters. The van der Waals surface area contributed by atoms with Gasteiger partial charge in [-0.25, -0.2) is 0 Å². The van der Waals surface area contributed by atoms with Crippen molar-refractivity contribution in [2.45, 2.75) is 67.6 Å². The van der Waals surface area contributed by atoms with Gasteiger partial charge in [0.1, 0.15) is 0 Å². The van der Waals surface area contributed by atoms with Crippen molar-refractivity contribution in [3.05, 3.63) is 71.3 Å². The Balaban J connectivity index is 1.51. The van der Waals surface area contributed by atoms with Crippen molar-refractivity contribution in [1.29, 1.82) is 0 Å². The van der Waals surface area contributed by atoms with Crippen LogP contribution in [0.15, 0.2) is 54.6 Å². The smallest absolute Gasteiger partial charge is 0.0233 e. The molecule has 1 fully saturated rings. The number of nitrogens with zero attached hydrogens (tertiary/aromatic N) is 1. The first-order valence-corrected chi connectivity index (χ1v) is 12.6. The van der Waals surface area contributed by atoms with Gasteiger partial charge >= 0.3 is 0 Å². The van der Waals surface area contributed by atoms with Crippen molar-refractivity contribution >= 4 is 31.9 Å². The van der Waals surface area contributed by atoms with E-state index in [-0.39, 0.29) is 0 Å². The van der Waals surface area contributed by atoms with Gasteiger partial charge in [-0.3, -0.25) is 4.90 Å². The molecular weight excluding hydrogens is 474 g/mol. The highest BCUT2D eigenvalue weighted by atomic mass is 79.9. The molecular formula is C25H33Br2N. The predicted molar refractivity (Wildman–Crippen MR) is 129 cm³/mol. The van der Waals surface area contributed by atoms with Gasteiger partial charge < -0.3 is 0 Å². The lowest BCUT2D eigenvalue weighted by molar-refractivity contribution is 0.262. The number of aryl methyl sites for hydroxylation is 1. The highest BCUT2D eigenvalue weighted by molar-refractivity contribution is 9.10. The van der Waals surface area contributed by atoms with Crippen LogP contribution in [-0.4, -0.2) is 27.6 Å².